The van der Waals surface area contributed by atoms with Gasteiger partial charge in [0, 0.05) is 12.2 Å². The minimum Gasteiger partial charge on any atom is -0.360 e. The Hall–Kier alpha value is -0.630. The Kier molecular flexibility index (Phi) is 3.57. The lowest BCUT2D eigenvalue weighted by Gasteiger charge is -2.30. The van der Waals surface area contributed by atoms with Crippen LogP contribution in [0.25, 0.3) is 0 Å². The number of anilines is 1. The standard InChI is InChI=1S/C13H19NS/c1-11-7-4-5-8-12(11)14-10-6-2-3-9-13(14)15/h4-5,7-8,13,15H,2-3,6,9-10H2,1H3. The van der Waals surface area contributed by atoms with Gasteiger partial charge in [-0.15, -0.1) is 0 Å². The highest BCUT2D eigenvalue weighted by atomic mass is 32.1. The molecule has 2 heteroatoms. The molecular formula is C13H19NS. The third kappa shape index (κ3) is 2.49. The largest absolute Gasteiger partial charge is 0.360 e. The van der Waals surface area contributed by atoms with Gasteiger partial charge in [-0.2, -0.15) is 12.6 Å². The van der Waals surface area contributed by atoms with Crippen LogP contribution in [-0.4, -0.2) is 11.9 Å². The van der Waals surface area contributed by atoms with E-state index in [1.165, 1.54) is 36.9 Å². The van der Waals surface area contributed by atoms with Crippen molar-refractivity contribution in [2.75, 3.05) is 11.4 Å². The summed E-state index contributed by atoms with van der Waals surface area (Å²) in [4.78, 5) is 2.45. The molecule has 0 aliphatic carbocycles. The summed E-state index contributed by atoms with van der Waals surface area (Å²) >= 11 is 4.71. The number of aryl methyl sites for hydroxylation is 1. The molecule has 1 aromatic rings. The van der Waals surface area contributed by atoms with Crippen LogP contribution in [0, 0.1) is 6.92 Å². The molecule has 1 saturated heterocycles. The van der Waals surface area contributed by atoms with E-state index in [4.69, 9.17) is 12.6 Å². The van der Waals surface area contributed by atoms with Crippen molar-refractivity contribution in [3.8, 4) is 0 Å². The number of rotatable bonds is 1. The molecule has 1 heterocycles. The fourth-order valence-corrected chi connectivity index (χ4v) is 2.68. The molecule has 0 radical (unpaired) electrons. The molecule has 1 atom stereocenters. The molecule has 0 bridgehead atoms. The van der Waals surface area contributed by atoms with E-state index in [0.29, 0.717) is 5.37 Å². The maximum atomic E-state index is 4.71. The second-order valence-electron chi connectivity index (χ2n) is 4.31. The average Bonchev–Trinajstić information content (AvgIpc) is 2.44. The molecule has 1 aromatic carbocycles. The molecule has 0 amide bonds. The van der Waals surface area contributed by atoms with E-state index in [1.54, 1.807) is 0 Å². The van der Waals surface area contributed by atoms with Gasteiger partial charge in [-0.05, 0) is 31.4 Å². The van der Waals surface area contributed by atoms with Crippen LogP contribution < -0.4 is 4.90 Å². The predicted molar refractivity (Wildman–Crippen MR) is 69.8 cm³/mol. The fourth-order valence-electron chi connectivity index (χ4n) is 2.26. The highest BCUT2D eigenvalue weighted by molar-refractivity contribution is 7.81. The summed E-state index contributed by atoms with van der Waals surface area (Å²) in [5, 5.41) is 0.397. The number of benzene rings is 1. The van der Waals surface area contributed by atoms with Crippen LogP contribution in [0.15, 0.2) is 24.3 Å². The van der Waals surface area contributed by atoms with E-state index >= 15 is 0 Å². The maximum absolute atomic E-state index is 4.71. The Labute approximate surface area is 97.9 Å². The molecule has 0 N–H and O–H groups in total. The topological polar surface area (TPSA) is 3.24 Å². The molecule has 1 aliphatic rings. The van der Waals surface area contributed by atoms with Crippen LogP contribution >= 0.6 is 12.6 Å². The first kappa shape index (κ1) is 10.9. The van der Waals surface area contributed by atoms with Crippen molar-refractivity contribution in [2.24, 2.45) is 0 Å². The third-order valence-electron chi connectivity index (χ3n) is 3.15. The quantitative estimate of drug-likeness (QED) is 0.709. The van der Waals surface area contributed by atoms with Crippen LogP contribution in [0.2, 0.25) is 0 Å². The monoisotopic (exact) mass is 221 g/mol. The maximum Gasteiger partial charge on any atom is 0.0721 e. The Morgan fingerprint density at radius 1 is 1.20 bits per heavy atom. The number of nitrogens with zero attached hydrogens (tertiary/aromatic N) is 1. The van der Waals surface area contributed by atoms with Crippen LogP contribution in [0.5, 0.6) is 0 Å². The highest BCUT2D eigenvalue weighted by Crippen LogP contribution is 2.28. The molecule has 15 heavy (non-hydrogen) atoms. The van der Waals surface area contributed by atoms with Gasteiger partial charge in [0.15, 0.2) is 0 Å². The lowest BCUT2D eigenvalue weighted by Crippen LogP contribution is -2.31. The molecule has 1 nitrogen and oxygen atoms in total. The summed E-state index contributed by atoms with van der Waals surface area (Å²) in [6, 6.07) is 8.61. The Morgan fingerprint density at radius 3 is 2.80 bits per heavy atom. The predicted octanol–water partition coefficient (Wildman–Crippen LogP) is 3.63. The van der Waals surface area contributed by atoms with Gasteiger partial charge in [0.1, 0.15) is 0 Å². The van der Waals surface area contributed by atoms with Gasteiger partial charge >= 0.3 is 0 Å². The van der Waals surface area contributed by atoms with Gasteiger partial charge in [-0.3, -0.25) is 0 Å². The molecule has 82 valence electrons. The lowest BCUT2D eigenvalue weighted by atomic mass is 10.2. The molecule has 0 aromatic heterocycles. The number of hydrogen-bond donors (Lipinski definition) is 1. The second kappa shape index (κ2) is 4.93. The Balaban J connectivity index is 2.24. The summed E-state index contributed by atoms with van der Waals surface area (Å²) in [6.45, 7) is 3.33. The van der Waals surface area contributed by atoms with E-state index in [1.807, 2.05) is 0 Å². The zero-order valence-corrected chi connectivity index (χ0v) is 10.2. The second-order valence-corrected chi connectivity index (χ2v) is 4.91. The summed E-state index contributed by atoms with van der Waals surface area (Å²) in [7, 11) is 0. The lowest BCUT2D eigenvalue weighted by molar-refractivity contribution is 0.712. The van der Waals surface area contributed by atoms with Crippen molar-refractivity contribution in [3.05, 3.63) is 29.8 Å². The van der Waals surface area contributed by atoms with Gasteiger partial charge in [-0.25, -0.2) is 0 Å². The zero-order valence-electron chi connectivity index (χ0n) is 9.32. The van der Waals surface area contributed by atoms with Gasteiger partial charge < -0.3 is 4.90 Å². The van der Waals surface area contributed by atoms with Crippen LogP contribution in [0.1, 0.15) is 31.2 Å². The fraction of sp³-hybridized carbons (Fsp3) is 0.538. The minimum atomic E-state index is 0.397. The smallest absolute Gasteiger partial charge is 0.0721 e. The summed E-state index contributed by atoms with van der Waals surface area (Å²) < 4.78 is 0. The van der Waals surface area contributed by atoms with Crippen LogP contribution in [0.4, 0.5) is 5.69 Å². The molecule has 1 aliphatic heterocycles. The first-order valence-electron chi connectivity index (χ1n) is 5.79. The van der Waals surface area contributed by atoms with E-state index < -0.39 is 0 Å². The van der Waals surface area contributed by atoms with E-state index in [0.717, 1.165) is 6.54 Å². The van der Waals surface area contributed by atoms with Crippen LogP contribution in [0.3, 0.4) is 0 Å². The molecule has 0 saturated carbocycles. The highest BCUT2D eigenvalue weighted by Gasteiger charge is 2.18. The van der Waals surface area contributed by atoms with Crippen LogP contribution in [-0.2, 0) is 0 Å². The van der Waals surface area contributed by atoms with Crippen molar-refractivity contribution in [1.29, 1.82) is 0 Å². The molecule has 2 rings (SSSR count). The minimum absolute atomic E-state index is 0.397. The van der Waals surface area contributed by atoms with Crippen molar-refractivity contribution in [3.63, 3.8) is 0 Å². The van der Waals surface area contributed by atoms with Crippen molar-refractivity contribution < 1.29 is 0 Å². The Morgan fingerprint density at radius 2 is 2.00 bits per heavy atom. The number of hydrogen-bond acceptors (Lipinski definition) is 2. The van der Waals surface area contributed by atoms with Crippen molar-refractivity contribution in [1.82, 2.24) is 0 Å². The van der Waals surface area contributed by atoms with E-state index in [9.17, 15) is 0 Å². The SMILES string of the molecule is Cc1ccccc1N1CCCCCC1S. The summed E-state index contributed by atoms with van der Waals surface area (Å²) in [5.74, 6) is 0. The average molecular weight is 221 g/mol. The van der Waals surface area contributed by atoms with E-state index in [2.05, 4.69) is 36.1 Å². The molecule has 1 fully saturated rings. The number of para-hydroxylation sites is 1. The van der Waals surface area contributed by atoms with Crippen molar-refractivity contribution in [2.45, 2.75) is 38.0 Å². The first-order valence-corrected chi connectivity index (χ1v) is 6.31. The normalized spacial score (nSPS) is 22.5. The van der Waals surface area contributed by atoms with Gasteiger partial charge in [-0.1, -0.05) is 31.0 Å². The molecular weight excluding hydrogens is 202 g/mol. The zero-order chi connectivity index (χ0) is 10.7. The summed E-state index contributed by atoms with van der Waals surface area (Å²) in [6.07, 6.45) is 5.17. The third-order valence-corrected chi connectivity index (χ3v) is 3.68. The van der Waals surface area contributed by atoms with Gasteiger partial charge in [0.05, 0.1) is 5.37 Å². The first-order chi connectivity index (χ1) is 7.29. The van der Waals surface area contributed by atoms with Crippen molar-refractivity contribution >= 4 is 18.3 Å². The molecule has 1 unspecified atom stereocenters. The van der Waals surface area contributed by atoms with E-state index in [-0.39, 0.29) is 0 Å². The van der Waals surface area contributed by atoms with Gasteiger partial charge in [0.2, 0.25) is 0 Å². The van der Waals surface area contributed by atoms with Gasteiger partial charge in [0.25, 0.3) is 0 Å². The summed E-state index contributed by atoms with van der Waals surface area (Å²) in [5.41, 5.74) is 2.72. The Bertz CT molecular complexity index is 324. The number of thiol groups is 1. The molecule has 0 spiro atoms.